The molecule has 0 amide bonds. The first-order valence-corrected chi connectivity index (χ1v) is 5.05. The molecule has 0 saturated carbocycles. The molecule has 0 heterocycles. The molecule has 16 heavy (non-hydrogen) atoms. The number of hydrogen-bond donors (Lipinski definition) is 0. The molecule has 4 nitrogen and oxygen atoms in total. The van der Waals surface area contributed by atoms with Crippen molar-refractivity contribution in [1.82, 2.24) is 0 Å². The number of rotatable bonds is 4. The van der Waals surface area contributed by atoms with Gasteiger partial charge >= 0.3 is 0 Å². The van der Waals surface area contributed by atoms with E-state index in [1.807, 2.05) is 32.0 Å². The molecule has 0 saturated heterocycles. The van der Waals surface area contributed by atoms with Crippen molar-refractivity contribution in [3.05, 3.63) is 45.6 Å². The van der Waals surface area contributed by atoms with Gasteiger partial charge in [0, 0.05) is 11.6 Å². The second-order valence-corrected chi connectivity index (χ2v) is 3.72. The molecule has 1 rings (SSSR count). The lowest BCUT2D eigenvalue weighted by molar-refractivity contribution is -0.400. The van der Waals surface area contributed by atoms with Gasteiger partial charge in [-0.05, 0) is 17.5 Å². The van der Waals surface area contributed by atoms with Crippen molar-refractivity contribution in [1.29, 1.82) is 0 Å². The highest BCUT2D eigenvalue weighted by atomic mass is 16.6. The number of nitro groups is 1. The minimum absolute atomic E-state index is 0.252. The normalized spacial score (nSPS) is 11.0. The molecule has 0 radical (unpaired) electrons. The Morgan fingerprint density at radius 2 is 2.12 bits per heavy atom. The molecule has 1 aromatic rings. The predicted octanol–water partition coefficient (Wildman–Crippen LogP) is 3.07. The third-order valence-corrected chi connectivity index (χ3v) is 2.27. The molecular weight excluding hydrogens is 206 g/mol. The number of ether oxygens (including phenoxy) is 1. The standard InChI is InChI=1S/C12H15NO3/c1-9(2)12-10(7-8-13(14)15)5-4-6-11(12)16-3/h4-9H,1-3H3/b8-7+. The Morgan fingerprint density at radius 1 is 1.44 bits per heavy atom. The number of hydrogen-bond acceptors (Lipinski definition) is 3. The first-order chi connectivity index (χ1) is 7.56. The SMILES string of the molecule is COc1cccc(/C=C/[N+](=O)[O-])c1C(C)C. The molecule has 0 bridgehead atoms. The Kier molecular flexibility index (Phi) is 4.05. The fourth-order valence-corrected chi connectivity index (χ4v) is 1.64. The highest BCUT2D eigenvalue weighted by Gasteiger charge is 2.11. The molecular formula is C12H15NO3. The molecule has 0 atom stereocenters. The Bertz CT molecular complexity index is 411. The lowest BCUT2D eigenvalue weighted by Crippen LogP contribution is -1.97. The van der Waals surface area contributed by atoms with Crippen molar-refractivity contribution in [3.63, 3.8) is 0 Å². The van der Waals surface area contributed by atoms with E-state index in [0.29, 0.717) is 0 Å². The van der Waals surface area contributed by atoms with Gasteiger partial charge in [-0.15, -0.1) is 0 Å². The van der Waals surface area contributed by atoms with E-state index in [9.17, 15) is 10.1 Å². The van der Waals surface area contributed by atoms with E-state index < -0.39 is 4.92 Å². The molecule has 0 aliphatic heterocycles. The zero-order valence-corrected chi connectivity index (χ0v) is 9.64. The summed E-state index contributed by atoms with van der Waals surface area (Å²) in [7, 11) is 1.60. The monoisotopic (exact) mass is 221 g/mol. The molecule has 0 aliphatic carbocycles. The number of benzene rings is 1. The maximum atomic E-state index is 10.3. The lowest BCUT2D eigenvalue weighted by atomic mass is 9.96. The van der Waals surface area contributed by atoms with Crippen molar-refractivity contribution in [2.75, 3.05) is 7.11 Å². The Hall–Kier alpha value is -1.84. The van der Waals surface area contributed by atoms with Gasteiger partial charge in [-0.2, -0.15) is 0 Å². The van der Waals surface area contributed by atoms with Crippen molar-refractivity contribution in [2.45, 2.75) is 19.8 Å². The van der Waals surface area contributed by atoms with Crippen LogP contribution in [0.4, 0.5) is 0 Å². The van der Waals surface area contributed by atoms with Crippen molar-refractivity contribution >= 4 is 6.08 Å². The van der Waals surface area contributed by atoms with E-state index in [1.165, 1.54) is 6.08 Å². The fraction of sp³-hybridized carbons (Fsp3) is 0.333. The second-order valence-electron chi connectivity index (χ2n) is 3.72. The van der Waals surface area contributed by atoms with Gasteiger partial charge in [0.1, 0.15) is 5.75 Å². The summed E-state index contributed by atoms with van der Waals surface area (Å²) in [6.45, 7) is 4.06. The van der Waals surface area contributed by atoms with Crippen LogP contribution in [-0.2, 0) is 0 Å². The van der Waals surface area contributed by atoms with E-state index in [4.69, 9.17) is 4.74 Å². The van der Waals surface area contributed by atoms with Crippen LogP contribution in [0.15, 0.2) is 24.4 Å². The van der Waals surface area contributed by atoms with Crippen LogP contribution in [0.25, 0.3) is 6.08 Å². The van der Waals surface area contributed by atoms with Crippen molar-refractivity contribution in [2.24, 2.45) is 0 Å². The van der Waals surface area contributed by atoms with Crippen molar-refractivity contribution in [3.8, 4) is 5.75 Å². The summed E-state index contributed by atoms with van der Waals surface area (Å²) in [5.41, 5.74) is 1.81. The predicted molar refractivity (Wildman–Crippen MR) is 63.1 cm³/mol. The fourth-order valence-electron chi connectivity index (χ4n) is 1.64. The molecule has 0 fully saturated rings. The summed E-state index contributed by atoms with van der Waals surface area (Å²) in [6, 6.07) is 5.53. The maximum Gasteiger partial charge on any atom is 0.235 e. The van der Waals surface area contributed by atoms with E-state index in [-0.39, 0.29) is 5.92 Å². The van der Waals surface area contributed by atoms with Gasteiger partial charge in [0.05, 0.1) is 12.0 Å². The van der Waals surface area contributed by atoms with Crippen molar-refractivity contribution < 1.29 is 9.66 Å². The summed E-state index contributed by atoms with van der Waals surface area (Å²) in [6.07, 6.45) is 2.44. The summed E-state index contributed by atoms with van der Waals surface area (Å²) in [5.74, 6) is 1.02. The smallest absolute Gasteiger partial charge is 0.235 e. The van der Waals surface area contributed by atoms with Crippen LogP contribution in [0.5, 0.6) is 5.75 Å². The highest BCUT2D eigenvalue weighted by Crippen LogP contribution is 2.30. The topological polar surface area (TPSA) is 52.4 Å². The molecule has 1 aromatic carbocycles. The molecule has 0 aromatic heterocycles. The van der Waals surface area contributed by atoms with Crippen LogP contribution >= 0.6 is 0 Å². The van der Waals surface area contributed by atoms with Gasteiger partial charge in [0.15, 0.2) is 0 Å². The zero-order chi connectivity index (χ0) is 12.1. The Labute approximate surface area is 94.7 Å². The van der Waals surface area contributed by atoms with Gasteiger partial charge in [0.25, 0.3) is 0 Å². The zero-order valence-electron chi connectivity index (χ0n) is 9.64. The van der Waals surface area contributed by atoms with Crippen LogP contribution < -0.4 is 4.74 Å². The molecule has 0 N–H and O–H groups in total. The molecule has 0 unspecified atom stereocenters. The van der Waals surface area contributed by atoms with Gasteiger partial charge in [-0.25, -0.2) is 0 Å². The van der Waals surface area contributed by atoms with E-state index in [2.05, 4.69) is 0 Å². The van der Waals surface area contributed by atoms with Crippen LogP contribution in [0, 0.1) is 10.1 Å². The Morgan fingerprint density at radius 3 is 2.62 bits per heavy atom. The minimum Gasteiger partial charge on any atom is -0.496 e. The minimum atomic E-state index is -0.469. The first kappa shape index (κ1) is 12.2. The summed E-state index contributed by atoms with van der Waals surface area (Å²) < 4.78 is 5.25. The molecule has 86 valence electrons. The molecule has 0 aliphatic rings. The average molecular weight is 221 g/mol. The first-order valence-electron chi connectivity index (χ1n) is 5.05. The van der Waals surface area contributed by atoms with Gasteiger partial charge in [-0.1, -0.05) is 26.0 Å². The largest absolute Gasteiger partial charge is 0.496 e. The van der Waals surface area contributed by atoms with E-state index in [1.54, 1.807) is 7.11 Å². The van der Waals surface area contributed by atoms with Crippen LogP contribution in [0.2, 0.25) is 0 Å². The summed E-state index contributed by atoms with van der Waals surface area (Å²) >= 11 is 0. The second kappa shape index (κ2) is 5.30. The summed E-state index contributed by atoms with van der Waals surface area (Å²) in [4.78, 5) is 9.83. The van der Waals surface area contributed by atoms with Gasteiger partial charge in [-0.3, -0.25) is 10.1 Å². The van der Waals surface area contributed by atoms with E-state index in [0.717, 1.165) is 23.1 Å². The van der Waals surface area contributed by atoms with E-state index >= 15 is 0 Å². The van der Waals surface area contributed by atoms with Crippen LogP contribution in [-0.4, -0.2) is 12.0 Å². The molecule has 4 heteroatoms. The van der Waals surface area contributed by atoms with Gasteiger partial charge < -0.3 is 4.74 Å². The molecule has 0 spiro atoms. The Balaban J connectivity index is 3.22. The summed E-state index contributed by atoms with van der Waals surface area (Å²) in [5, 5.41) is 10.3. The van der Waals surface area contributed by atoms with Crippen LogP contribution in [0.1, 0.15) is 30.9 Å². The third kappa shape index (κ3) is 2.82. The lowest BCUT2D eigenvalue weighted by Gasteiger charge is -2.14. The average Bonchev–Trinajstić information content (AvgIpc) is 2.25. The number of methoxy groups -OCH3 is 1. The van der Waals surface area contributed by atoms with Crippen LogP contribution in [0.3, 0.4) is 0 Å². The van der Waals surface area contributed by atoms with Gasteiger partial charge in [0.2, 0.25) is 6.20 Å². The number of nitrogens with zero attached hydrogens (tertiary/aromatic N) is 1. The quantitative estimate of drug-likeness (QED) is 0.580. The third-order valence-electron chi connectivity index (χ3n) is 2.27. The maximum absolute atomic E-state index is 10.3. The highest BCUT2D eigenvalue weighted by molar-refractivity contribution is 5.58.